The van der Waals surface area contributed by atoms with E-state index in [1.165, 1.54) is 27.8 Å². The molecule has 2 aliphatic carbocycles. The quantitative estimate of drug-likeness (QED) is 0.150. The van der Waals surface area contributed by atoms with Crippen LogP contribution in [0.2, 0.25) is 20.1 Å². The Morgan fingerprint density at radius 2 is 1.17 bits per heavy atom. The molecule has 1 saturated heterocycles. The van der Waals surface area contributed by atoms with Crippen LogP contribution < -0.4 is 0 Å². The molecule has 6 aromatic rings. The average Bonchev–Trinajstić information content (AvgIpc) is 3.99. The van der Waals surface area contributed by atoms with Crippen LogP contribution in [0.5, 0.6) is 0 Å². The number of fused-ring (bicyclic) bond motifs is 2. The third kappa shape index (κ3) is 9.24. The molecule has 11 nitrogen and oxygen atoms in total. The van der Waals surface area contributed by atoms with E-state index in [4.69, 9.17) is 55.9 Å². The van der Waals surface area contributed by atoms with Crippen LogP contribution in [0.1, 0.15) is 99.4 Å². The van der Waals surface area contributed by atoms with Gasteiger partial charge in [-0.05, 0) is 73.2 Å². The summed E-state index contributed by atoms with van der Waals surface area (Å²) in [6, 6.07) is 8.31. The van der Waals surface area contributed by atoms with Crippen LogP contribution in [0.25, 0.3) is 33.5 Å². The number of benzene rings is 2. The predicted molar refractivity (Wildman–Crippen MR) is 234 cm³/mol. The topological polar surface area (TPSA) is 123 Å². The first-order valence-electron chi connectivity index (χ1n) is 20.4. The van der Waals surface area contributed by atoms with Gasteiger partial charge in [0.05, 0.1) is 49.1 Å². The number of halogens is 10. The number of carbonyl (C=O) groups excluding carboxylic acids is 1. The van der Waals surface area contributed by atoms with Crippen LogP contribution in [-0.2, 0) is 26.6 Å². The number of ketones is 1. The summed E-state index contributed by atoms with van der Waals surface area (Å²) in [5, 5.41) is 9.17. The van der Waals surface area contributed by atoms with Gasteiger partial charge in [-0.25, -0.2) is 29.3 Å². The molecule has 0 amide bonds. The summed E-state index contributed by atoms with van der Waals surface area (Å²) in [6.07, 6.45) is -1.15. The zero-order valence-electron chi connectivity index (χ0n) is 34.9. The Morgan fingerprint density at radius 1 is 0.708 bits per heavy atom. The van der Waals surface area contributed by atoms with Gasteiger partial charge in [0.2, 0.25) is 0 Å². The molecule has 342 valence electrons. The fourth-order valence-corrected chi connectivity index (χ4v) is 9.40. The van der Waals surface area contributed by atoms with Crippen LogP contribution >= 0.6 is 46.4 Å². The van der Waals surface area contributed by atoms with Crippen molar-refractivity contribution in [3.05, 3.63) is 115 Å². The number of ether oxygens (including phenoxy) is 2. The molecule has 0 N–H and O–H groups in total. The highest BCUT2D eigenvalue weighted by molar-refractivity contribution is 6.35. The lowest BCUT2D eigenvalue weighted by Crippen LogP contribution is -2.39. The lowest BCUT2D eigenvalue weighted by atomic mass is 9.83. The molecule has 0 saturated carbocycles. The third-order valence-corrected chi connectivity index (χ3v) is 13.0. The number of nitrogens with zero attached hydrogens (tertiary/aromatic N) is 8. The van der Waals surface area contributed by atoms with Crippen LogP contribution in [0.4, 0.5) is 26.3 Å². The fourth-order valence-electron chi connectivity index (χ4n) is 8.27. The van der Waals surface area contributed by atoms with Gasteiger partial charge in [0, 0.05) is 44.8 Å². The van der Waals surface area contributed by atoms with E-state index < -0.39 is 41.6 Å². The molecule has 1 fully saturated rings. The van der Waals surface area contributed by atoms with Gasteiger partial charge in [0.15, 0.2) is 28.5 Å². The van der Waals surface area contributed by atoms with E-state index in [2.05, 4.69) is 30.1 Å². The summed E-state index contributed by atoms with van der Waals surface area (Å²) >= 11 is 24.5. The first-order chi connectivity index (χ1) is 30.6. The molecule has 3 aliphatic rings. The molecular formula is C44H38Cl4F6N8O3. The van der Waals surface area contributed by atoms with Gasteiger partial charge in [-0.3, -0.25) is 4.79 Å². The van der Waals surface area contributed by atoms with Gasteiger partial charge in [-0.15, -0.1) is 0 Å². The van der Waals surface area contributed by atoms with Crippen molar-refractivity contribution in [3.8, 4) is 0 Å². The van der Waals surface area contributed by atoms with Gasteiger partial charge in [0.25, 0.3) is 0 Å². The highest BCUT2D eigenvalue weighted by atomic mass is 35.5. The summed E-state index contributed by atoms with van der Waals surface area (Å²) in [6.45, 7) is 8.32. The number of hydrogen-bond donors (Lipinski definition) is 0. The van der Waals surface area contributed by atoms with E-state index in [0.29, 0.717) is 75.1 Å². The fraction of sp³-hybridized carbons (Fsp3) is 0.386. The van der Waals surface area contributed by atoms with Crippen LogP contribution in [0, 0.1) is 11.8 Å². The highest BCUT2D eigenvalue weighted by Crippen LogP contribution is 2.43. The van der Waals surface area contributed by atoms with Crippen molar-refractivity contribution >= 4 is 85.7 Å². The number of aromatic nitrogens is 8. The molecule has 0 bridgehead atoms. The first-order valence-corrected chi connectivity index (χ1v) is 21.9. The maximum Gasteiger partial charge on any atom is 0.437 e. The van der Waals surface area contributed by atoms with Gasteiger partial charge >= 0.3 is 12.4 Å². The maximum absolute atomic E-state index is 13.8. The van der Waals surface area contributed by atoms with E-state index in [0.717, 1.165) is 11.1 Å². The number of rotatable bonds is 6. The zero-order valence-corrected chi connectivity index (χ0v) is 37.9. The van der Waals surface area contributed by atoms with Crippen molar-refractivity contribution < 1.29 is 40.6 Å². The van der Waals surface area contributed by atoms with Crippen molar-refractivity contribution in [1.82, 2.24) is 39.5 Å². The standard InChI is InChI=1S/C23H21Cl2F3N4O2.C21H17Cl2F3N4O/c1-12-9-14(5-6-22(12)33-7-8-34-22)18-11-29-19-20(23(26,27)28)31-32(21(19)30-18)13(2)16-4-3-15(24)10-17(16)25;1-10-7-12(3-6-17(10)31)16-9-27-18-19(21(24,25)26)29-30(20(18)28-16)11(2)14-5-4-13(22)8-15(14)23/h3-5,10-13H,6-9H2,1-2H3;3-5,8-11H,6-7H2,1-2H3/t12?,13-;10?,11-/m11/s1. The molecule has 1 aliphatic heterocycles. The number of carbonyl (C=O) groups is 1. The minimum atomic E-state index is -4.70. The van der Waals surface area contributed by atoms with Gasteiger partial charge in [-0.1, -0.05) is 84.5 Å². The van der Waals surface area contributed by atoms with Gasteiger partial charge < -0.3 is 9.47 Å². The molecule has 0 radical (unpaired) electrons. The molecule has 2 aromatic carbocycles. The molecule has 2 unspecified atom stereocenters. The normalized spacial score (nSPS) is 19.9. The second-order valence-electron chi connectivity index (χ2n) is 16.2. The van der Waals surface area contributed by atoms with Crippen LogP contribution in [0.3, 0.4) is 0 Å². The Morgan fingerprint density at radius 3 is 1.58 bits per heavy atom. The molecule has 5 heterocycles. The summed E-state index contributed by atoms with van der Waals surface area (Å²) in [7, 11) is 0. The van der Waals surface area contributed by atoms with E-state index in [9.17, 15) is 31.1 Å². The molecular weight excluding hydrogens is 944 g/mol. The SMILES string of the molecule is CC1CC(c2cnc3c(C(F)(F)F)nn([C@H](C)c4ccc(Cl)cc4Cl)c3n2)=CCC12OCCO2.CC1CC(c2cnc3c(C(F)(F)F)nn([C@H](C)c4ccc(Cl)cc4Cl)c3n2)=CCC1=O. The van der Waals surface area contributed by atoms with E-state index in [1.807, 2.05) is 19.9 Å². The van der Waals surface area contributed by atoms with Crippen LogP contribution in [0.15, 0.2) is 60.9 Å². The first kappa shape index (κ1) is 46.9. The summed E-state index contributed by atoms with van der Waals surface area (Å²) < 4.78 is 96.4. The predicted octanol–water partition coefficient (Wildman–Crippen LogP) is 12.5. The van der Waals surface area contributed by atoms with Gasteiger partial charge in [-0.2, -0.15) is 36.5 Å². The Hall–Kier alpha value is -4.65. The lowest BCUT2D eigenvalue weighted by molar-refractivity contribution is -0.190. The second-order valence-corrected chi connectivity index (χ2v) is 17.9. The highest BCUT2D eigenvalue weighted by Gasteiger charge is 2.45. The Labute approximate surface area is 387 Å². The summed E-state index contributed by atoms with van der Waals surface area (Å²) in [5.41, 5.74) is 0.880. The molecule has 21 heteroatoms. The number of allylic oxidation sites excluding steroid dienone is 3. The number of alkyl halides is 6. The van der Waals surface area contributed by atoms with E-state index in [1.54, 1.807) is 50.3 Å². The Kier molecular flexibility index (Phi) is 12.9. The zero-order chi connectivity index (χ0) is 46.7. The van der Waals surface area contributed by atoms with E-state index in [-0.39, 0.29) is 46.4 Å². The lowest BCUT2D eigenvalue weighted by Gasteiger charge is -2.36. The van der Waals surface area contributed by atoms with Crippen molar-refractivity contribution in [1.29, 1.82) is 0 Å². The summed E-state index contributed by atoms with van der Waals surface area (Å²) in [5.74, 6) is -0.658. The largest absolute Gasteiger partial charge is 0.437 e. The molecule has 4 atom stereocenters. The monoisotopic (exact) mass is 980 g/mol. The Bertz CT molecular complexity index is 2890. The van der Waals surface area contributed by atoms with E-state index >= 15 is 0 Å². The molecule has 4 aromatic heterocycles. The Balaban J connectivity index is 0.000000178. The molecule has 9 rings (SSSR count). The molecule has 65 heavy (non-hydrogen) atoms. The average molecular weight is 983 g/mol. The van der Waals surface area contributed by atoms with Crippen molar-refractivity contribution in [2.45, 2.75) is 83.6 Å². The third-order valence-electron chi connectivity index (χ3n) is 11.9. The second kappa shape index (κ2) is 17.9. The number of Topliss-reactive ketones (excluding diaryl/α,β-unsaturated/α-hetero) is 1. The van der Waals surface area contributed by atoms with Crippen LogP contribution in [-0.4, -0.2) is 64.3 Å². The minimum absolute atomic E-state index is 0.00575. The van der Waals surface area contributed by atoms with Crippen molar-refractivity contribution in [2.24, 2.45) is 11.8 Å². The van der Waals surface area contributed by atoms with Crippen molar-refractivity contribution in [2.75, 3.05) is 13.2 Å². The molecule has 1 spiro atoms. The minimum Gasteiger partial charge on any atom is -0.347 e. The van der Waals surface area contributed by atoms with Gasteiger partial charge in [0.1, 0.15) is 16.8 Å². The maximum atomic E-state index is 13.8. The number of hydrogen-bond acceptors (Lipinski definition) is 9. The smallest absolute Gasteiger partial charge is 0.347 e. The summed E-state index contributed by atoms with van der Waals surface area (Å²) in [4.78, 5) is 29.1. The van der Waals surface area contributed by atoms with Crippen molar-refractivity contribution in [3.63, 3.8) is 0 Å².